The Hall–Kier alpha value is -0.210. The van der Waals surface area contributed by atoms with Gasteiger partial charge in [-0.1, -0.05) is 0 Å². The van der Waals surface area contributed by atoms with Gasteiger partial charge in [-0.05, 0) is 38.6 Å². The van der Waals surface area contributed by atoms with Crippen molar-refractivity contribution in [1.82, 2.24) is 14.8 Å². The van der Waals surface area contributed by atoms with Crippen LogP contribution in [0, 0.1) is 0 Å². The molecule has 6 nitrogen and oxygen atoms in total. The van der Waals surface area contributed by atoms with Crippen LogP contribution < -0.4 is 14.8 Å². The monoisotopic (exact) mass is 277 g/mol. The fourth-order valence-electron chi connectivity index (χ4n) is 2.78. The summed E-state index contributed by atoms with van der Waals surface area (Å²) < 4.78 is 33.6. The van der Waals surface area contributed by atoms with Crippen molar-refractivity contribution in [3.05, 3.63) is 0 Å². The predicted molar refractivity (Wildman–Crippen MR) is 69.5 cm³/mol. The smallest absolute Gasteiger partial charge is 0.277 e. The highest BCUT2D eigenvalue weighted by atomic mass is 32.2. The van der Waals surface area contributed by atoms with Gasteiger partial charge in [0, 0.05) is 25.2 Å². The van der Waals surface area contributed by atoms with Gasteiger partial charge in [-0.2, -0.15) is 17.9 Å². The molecular formula is C11H23N3O3S. The lowest BCUT2D eigenvalue weighted by Gasteiger charge is -2.48. The van der Waals surface area contributed by atoms with Crippen molar-refractivity contribution in [3.63, 3.8) is 0 Å². The predicted octanol–water partition coefficient (Wildman–Crippen LogP) is -0.268. The van der Waals surface area contributed by atoms with Gasteiger partial charge in [-0.25, -0.2) is 0 Å². The van der Waals surface area contributed by atoms with Gasteiger partial charge in [0.15, 0.2) is 0 Å². The third kappa shape index (κ3) is 3.64. The summed E-state index contributed by atoms with van der Waals surface area (Å²) in [7, 11) is -1.85. The highest BCUT2D eigenvalue weighted by molar-refractivity contribution is 7.87. The maximum atomic E-state index is 11.8. The summed E-state index contributed by atoms with van der Waals surface area (Å²) in [4.78, 5) is 0. The van der Waals surface area contributed by atoms with Crippen molar-refractivity contribution in [2.24, 2.45) is 0 Å². The van der Waals surface area contributed by atoms with E-state index < -0.39 is 10.2 Å². The van der Waals surface area contributed by atoms with E-state index in [1.165, 1.54) is 19.3 Å². The maximum Gasteiger partial charge on any atom is 0.277 e. The topological polar surface area (TPSA) is 79.5 Å². The van der Waals surface area contributed by atoms with Crippen LogP contribution in [0.1, 0.15) is 32.1 Å². The molecule has 1 aliphatic heterocycles. The van der Waals surface area contributed by atoms with Crippen molar-refractivity contribution < 1.29 is 13.2 Å². The van der Waals surface area contributed by atoms with Crippen molar-refractivity contribution in [3.8, 4) is 0 Å². The molecule has 7 heteroatoms. The van der Waals surface area contributed by atoms with Crippen LogP contribution in [0.4, 0.5) is 0 Å². The molecule has 106 valence electrons. The minimum absolute atomic E-state index is 0.0478. The van der Waals surface area contributed by atoms with E-state index in [2.05, 4.69) is 14.8 Å². The second kappa shape index (κ2) is 5.83. The summed E-state index contributed by atoms with van der Waals surface area (Å²) in [6, 6.07) is 0.0478. The average Bonchev–Trinajstić information content (AvgIpc) is 2.27. The normalized spacial score (nSPS) is 27.1. The lowest BCUT2D eigenvalue weighted by molar-refractivity contribution is 0.126. The van der Waals surface area contributed by atoms with Crippen LogP contribution >= 0.6 is 0 Å². The Morgan fingerprint density at radius 2 is 2.22 bits per heavy atom. The number of methoxy groups -OCH3 is 1. The molecular weight excluding hydrogens is 254 g/mol. The Balaban J connectivity index is 1.81. The highest BCUT2D eigenvalue weighted by Gasteiger charge is 2.41. The molecule has 0 radical (unpaired) electrons. The van der Waals surface area contributed by atoms with E-state index in [9.17, 15) is 8.42 Å². The molecule has 1 unspecified atom stereocenters. The van der Waals surface area contributed by atoms with Crippen LogP contribution in [0.15, 0.2) is 0 Å². The van der Waals surface area contributed by atoms with E-state index >= 15 is 0 Å². The zero-order valence-electron chi connectivity index (χ0n) is 10.9. The maximum absolute atomic E-state index is 11.8. The summed E-state index contributed by atoms with van der Waals surface area (Å²) in [6.07, 6.45) is 5.34. The highest BCUT2D eigenvalue weighted by Crippen LogP contribution is 2.38. The van der Waals surface area contributed by atoms with E-state index in [1.807, 2.05) is 0 Å². The molecule has 2 rings (SSSR count). The van der Waals surface area contributed by atoms with Gasteiger partial charge in [0.25, 0.3) is 10.2 Å². The molecule has 2 aliphatic rings. The average molecular weight is 277 g/mol. The number of rotatable bonds is 6. The van der Waals surface area contributed by atoms with Gasteiger partial charge < -0.3 is 10.1 Å². The fraction of sp³-hybridized carbons (Fsp3) is 1.00. The summed E-state index contributed by atoms with van der Waals surface area (Å²) in [5, 5.41) is 3.52. The molecule has 18 heavy (non-hydrogen) atoms. The quantitative estimate of drug-likeness (QED) is 0.584. The summed E-state index contributed by atoms with van der Waals surface area (Å²) in [5.74, 6) is 0. The van der Waals surface area contributed by atoms with Crippen LogP contribution in [0.5, 0.6) is 0 Å². The van der Waals surface area contributed by atoms with Gasteiger partial charge >= 0.3 is 0 Å². The molecule has 0 aromatic rings. The number of hydrogen-bond donors (Lipinski definition) is 3. The van der Waals surface area contributed by atoms with Gasteiger partial charge in [-0.3, -0.25) is 0 Å². The van der Waals surface area contributed by atoms with Crippen LogP contribution in [0.25, 0.3) is 0 Å². The van der Waals surface area contributed by atoms with Crippen molar-refractivity contribution in [1.29, 1.82) is 0 Å². The molecule has 3 N–H and O–H groups in total. The largest absolute Gasteiger partial charge is 0.383 e. The van der Waals surface area contributed by atoms with Crippen LogP contribution in [-0.2, 0) is 14.9 Å². The molecule has 0 aromatic heterocycles. The Morgan fingerprint density at radius 3 is 2.83 bits per heavy atom. The minimum atomic E-state index is -3.40. The number of hydrogen-bond acceptors (Lipinski definition) is 4. The molecule has 0 bridgehead atoms. The first-order valence-electron chi connectivity index (χ1n) is 6.56. The van der Waals surface area contributed by atoms with E-state index in [0.29, 0.717) is 13.2 Å². The Kier molecular flexibility index (Phi) is 4.60. The van der Waals surface area contributed by atoms with E-state index in [4.69, 9.17) is 4.74 Å². The zero-order chi connectivity index (χ0) is 13.1. The molecule has 2 fully saturated rings. The van der Waals surface area contributed by atoms with Gasteiger partial charge in [0.05, 0.1) is 6.61 Å². The zero-order valence-corrected chi connectivity index (χ0v) is 11.7. The molecule has 1 heterocycles. The number of ether oxygens (including phenoxy) is 1. The van der Waals surface area contributed by atoms with Crippen molar-refractivity contribution in [2.45, 2.75) is 43.7 Å². The molecule has 1 aliphatic carbocycles. The van der Waals surface area contributed by atoms with Crippen LogP contribution in [0.3, 0.4) is 0 Å². The molecule has 1 saturated carbocycles. The Bertz CT molecular complexity index is 368. The van der Waals surface area contributed by atoms with Crippen LogP contribution in [0.2, 0.25) is 0 Å². The molecule has 0 amide bonds. The molecule has 1 saturated heterocycles. The lowest BCUT2D eigenvalue weighted by atomic mass is 9.70. The van der Waals surface area contributed by atoms with E-state index in [1.54, 1.807) is 7.11 Å². The first kappa shape index (κ1) is 14.2. The Morgan fingerprint density at radius 1 is 1.44 bits per heavy atom. The lowest BCUT2D eigenvalue weighted by Crippen LogP contribution is -2.60. The number of piperidine rings is 1. The molecule has 0 aromatic carbocycles. The van der Waals surface area contributed by atoms with Gasteiger partial charge in [-0.15, -0.1) is 0 Å². The molecule has 1 spiro atoms. The Labute approximate surface area is 109 Å². The van der Waals surface area contributed by atoms with Crippen LogP contribution in [-0.4, -0.2) is 46.8 Å². The summed E-state index contributed by atoms with van der Waals surface area (Å²) in [6.45, 7) is 1.59. The van der Waals surface area contributed by atoms with E-state index in [-0.39, 0.29) is 11.6 Å². The minimum Gasteiger partial charge on any atom is -0.383 e. The third-order valence-corrected chi connectivity index (χ3v) is 5.09. The molecule has 1 atom stereocenters. The first-order valence-corrected chi connectivity index (χ1v) is 8.04. The number of nitrogens with one attached hydrogen (secondary N) is 3. The fourth-order valence-corrected chi connectivity index (χ4v) is 3.86. The third-order valence-electron chi connectivity index (χ3n) is 3.86. The van der Waals surface area contributed by atoms with Gasteiger partial charge in [0.1, 0.15) is 0 Å². The second-order valence-corrected chi connectivity index (χ2v) is 6.79. The standard InChI is InChI=1S/C11H23N3O3S/c1-17-8-7-13-18(15,16)14-10-3-6-12-11(9-10)4-2-5-11/h10,12-14H,2-9H2,1H3. The first-order chi connectivity index (χ1) is 8.55. The second-order valence-electron chi connectivity index (χ2n) is 5.26. The van der Waals surface area contributed by atoms with Gasteiger partial charge in [0.2, 0.25) is 0 Å². The SMILES string of the molecule is COCCNS(=O)(=O)NC1CCNC2(CCC2)C1. The van der Waals surface area contributed by atoms with Crippen molar-refractivity contribution >= 4 is 10.2 Å². The van der Waals surface area contributed by atoms with Crippen molar-refractivity contribution in [2.75, 3.05) is 26.8 Å². The summed E-state index contributed by atoms with van der Waals surface area (Å²) >= 11 is 0. The summed E-state index contributed by atoms with van der Waals surface area (Å²) in [5.41, 5.74) is 0.206. The van der Waals surface area contributed by atoms with E-state index in [0.717, 1.165) is 19.4 Å².